The molecule has 1 heterocycles. The highest BCUT2D eigenvalue weighted by Gasteiger charge is 2.35. The van der Waals surface area contributed by atoms with Crippen molar-refractivity contribution in [2.45, 2.75) is 70.8 Å². The molecule has 1 aliphatic rings. The second-order valence-corrected chi connectivity index (χ2v) is 10.4. The van der Waals surface area contributed by atoms with Crippen LogP contribution in [0.4, 0.5) is 0 Å². The van der Waals surface area contributed by atoms with E-state index in [4.69, 9.17) is 9.47 Å². The van der Waals surface area contributed by atoms with Gasteiger partial charge < -0.3 is 19.7 Å². The summed E-state index contributed by atoms with van der Waals surface area (Å²) in [6.07, 6.45) is 9.09. The minimum atomic E-state index is -0.894. The zero-order valence-electron chi connectivity index (χ0n) is 22.3. The summed E-state index contributed by atoms with van der Waals surface area (Å²) in [5.74, 6) is -0.629. The average Bonchev–Trinajstić information content (AvgIpc) is 2.93. The van der Waals surface area contributed by atoms with Crippen LogP contribution in [0.5, 0.6) is 5.75 Å². The molecule has 1 unspecified atom stereocenters. The summed E-state index contributed by atoms with van der Waals surface area (Å²) >= 11 is 3.52. The Morgan fingerprint density at radius 1 is 0.974 bits per heavy atom. The Bertz CT molecular complexity index is 1050. The Kier molecular flexibility index (Phi) is 12.6. The Morgan fingerprint density at radius 3 is 2.39 bits per heavy atom. The van der Waals surface area contributed by atoms with E-state index in [1.807, 2.05) is 48.5 Å². The third kappa shape index (κ3) is 9.46. The van der Waals surface area contributed by atoms with Crippen molar-refractivity contribution in [1.82, 2.24) is 10.2 Å². The SMILES string of the molecule is CCCCCCCCCCOC(=O)CC1C(=O)NCCN1C(=O)COc1ccc(-c2ccccc2)cc1Br. The van der Waals surface area contributed by atoms with E-state index in [1.54, 1.807) is 0 Å². The number of amides is 2. The molecule has 0 saturated carbocycles. The summed E-state index contributed by atoms with van der Waals surface area (Å²) in [4.78, 5) is 39.3. The molecule has 2 amide bonds. The minimum absolute atomic E-state index is 0.163. The largest absolute Gasteiger partial charge is 0.483 e. The van der Waals surface area contributed by atoms with E-state index in [9.17, 15) is 14.4 Å². The molecule has 0 spiro atoms. The van der Waals surface area contributed by atoms with Gasteiger partial charge in [0.2, 0.25) is 5.91 Å². The van der Waals surface area contributed by atoms with Crippen LogP contribution in [0, 0.1) is 0 Å². The Balaban J connectivity index is 1.45. The highest BCUT2D eigenvalue weighted by atomic mass is 79.9. The van der Waals surface area contributed by atoms with Crippen molar-refractivity contribution in [3.63, 3.8) is 0 Å². The fourth-order valence-corrected chi connectivity index (χ4v) is 5.00. The van der Waals surface area contributed by atoms with Crippen LogP contribution in [0.2, 0.25) is 0 Å². The topological polar surface area (TPSA) is 84.9 Å². The molecule has 1 aliphatic heterocycles. The van der Waals surface area contributed by atoms with Crippen molar-refractivity contribution in [1.29, 1.82) is 0 Å². The van der Waals surface area contributed by atoms with Crippen LogP contribution in [-0.2, 0) is 19.1 Å². The van der Waals surface area contributed by atoms with Crippen molar-refractivity contribution in [3.05, 3.63) is 53.0 Å². The van der Waals surface area contributed by atoms with Gasteiger partial charge in [-0.25, -0.2) is 0 Å². The molecule has 2 aromatic carbocycles. The van der Waals surface area contributed by atoms with Crippen molar-refractivity contribution in [3.8, 4) is 16.9 Å². The number of nitrogens with one attached hydrogen (secondary N) is 1. The second kappa shape index (κ2) is 16.2. The van der Waals surface area contributed by atoms with Gasteiger partial charge in [0.1, 0.15) is 11.8 Å². The summed E-state index contributed by atoms with van der Waals surface area (Å²) in [7, 11) is 0. The number of nitrogens with zero attached hydrogens (tertiary/aromatic N) is 1. The Labute approximate surface area is 234 Å². The summed E-state index contributed by atoms with van der Waals surface area (Å²) in [6, 6.07) is 14.7. The zero-order valence-corrected chi connectivity index (χ0v) is 23.8. The van der Waals surface area contributed by atoms with E-state index in [-0.39, 0.29) is 24.8 Å². The smallest absolute Gasteiger partial charge is 0.308 e. The van der Waals surface area contributed by atoms with Gasteiger partial charge in [-0.1, -0.05) is 88.3 Å². The lowest BCUT2D eigenvalue weighted by Crippen LogP contribution is -2.58. The molecular formula is C30H39BrN2O5. The van der Waals surface area contributed by atoms with E-state index >= 15 is 0 Å². The Morgan fingerprint density at radius 2 is 1.68 bits per heavy atom. The van der Waals surface area contributed by atoms with E-state index in [1.165, 1.54) is 37.0 Å². The van der Waals surface area contributed by atoms with Gasteiger partial charge in [-0.2, -0.15) is 0 Å². The molecule has 0 aliphatic carbocycles. The number of carbonyl (C=O) groups excluding carboxylic acids is 3. The maximum Gasteiger partial charge on any atom is 0.308 e. The first-order valence-electron chi connectivity index (χ1n) is 13.7. The first-order valence-corrected chi connectivity index (χ1v) is 14.5. The Hall–Kier alpha value is -2.87. The molecule has 0 radical (unpaired) electrons. The number of esters is 1. The molecule has 38 heavy (non-hydrogen) atoms. The lowest BCUT2D eigenvalue weighted by Gasteiger charge is -2.34. The number of rotatable bonds is 15. The van der Waals surface area contributed by atoms with Gasteiger partial charge in [0.05, 0.1) is 17.5 Å². The number of halogens is 1. The van der Waals surface area contributed by atoms with Gasteiger partial charge in [0.15, 0.2) is 6.61 Å². The van der Waals surface area contributed by atoms with Crippen LogP contribution in [0.1, 0.15) is 64.7 Å². The number of benzene rings is 2. The van der Waals surface area contributed by atoms with Gasteiger partial charge >= 0.3 is 5.97 Å². The third-order valence-corrected chi connectivity index (χ3v) is 7.28. The van der Waals surface area contributed by atoms with Crippen LogP contribution in [-0.4, -0.2) is 55.0 Å². The van der Waals surface area contributed by atoms with E-state index in [0.717, 1.165) is 34.9 Å². The molecule has 1 N–H and O–H groups in total. The lowest BCUT2D eigenvalue weighted by atomic mass is 10.1. The lowest BCUT2D eigenvalue weighted by molar-refractivity contribution is -0.152. The molecule has 2 aromatic rings. The first kappa shape index (κ1) is 29.7. The van der Waals surface area contributed by atoms with Crippen LogP contribution in [0.15, 0.2) is 53.0 Å². The monoisotopic (exact) mass is 586 g/mol. The molecule has 0 bridgehead atoms. The number of carbonyl (C=O) groups is 3. The summed E-state index contributed by atoms with van der Waals surface area (Å²) < 4.78 is 11.9. The van der Waals surface area contributed by atoms with Gasteiger partial charge in [0.25, 0.3) is 5.91 Å². The van der Waals surface area contributed by atoms with Gasteiger partial charge in [-0.15, -0.1) is 0 Å². The normalized spacial score (nSPS) is 15.2. The highest BCUT2D eigenvalue weighted by molar-refractivity contribution is 9.10. The first-order chi connectivity index (χ1) is 18.5. The zero-order chi connectivity index (χ0) is 27.2. The molecule has 7 nitrogen and oxygen atoms in total. The van der Waals surface area contributed by atoms with Crippen molar-refractivity contribution >= 4 is 33.7 Å². The predicted octanol–water partition coefficient (Wildman–Crippen LogP) is 5.90. The molecule has 8 heteroatoms. The molecule has 0 aromatic heterocycles. The van der Waals surface area contributed by atoms with E-state index < -0.39 is 12.0 Å². The van der Waals surface area contributed by atoms with Gasteiger partial charge in [0, 0.05) is 13.1 Å². The summed E-state index contributed by atoms with van der Waals surface area (Å²) in [5.41, 5.74) is 2.10. The molecule has 3 rings (SSSR count). The van der Waals surface area contributed by atoms with Crippen molar-refractivity contribution in [2.75, 3.05) is 26.3 Å². The maximum atomic E-state index is 13.0. The molecular weight excluding hydrogens is 548 g/mol. The maximum absolute atomic E-state index is 13.0. The third-order valence-electron chi connectivity index (χ3n) is 6.66. The van der Waals surface area contributed by atoms with Crippen LogP contribution < -0.4 is 10.1 Å². The average molecular weight is 588 g/mol. The van der Waals surface area contributed by atoms with Crippen molar-refractivity contribution < 1.29 is 23.9 Å². The minimum Gasteiger partial charge on any atom is -0.483 e. The van der Waals surface area contributed by atoms with Crippen molar-refractivity contribution in [2.24, 2.45) is 0 Å². The van der Waals surface area contributed by atoms with Crippen LogP contribution in [0.25, 0.3) is 11.1 Å². The van der Waals surface area contributed by atoms with Gasteiger partial charge in [-0.3, -0.25) is 14.4 Å². The number of hydrogen-bond donors (Lipinski definition) is 1. The number of ether oxygens (including phenoxy) is 2. The fraction of sp³-hybridized carbons (Fsp3) is 0.500. The van der Waals surface area contributed by atoms with E-state index in [0.29, 0.717) is 25.4 Å². The number of hydrogen-bond acceptors (Lipinski definition) is 5. The molecule has 1 saturated heterocycles. The molecule has 1 fully saturated rings. The fourth-order valence-electron chi connectivity index (χ4n) is 4.51. The van der Waals surface area contributed by atoms with Crippen LogP contribution >= 0.6 is 15.9 Å². The van der Waals surface area contributed by atoms with Crippen LogP contribution in [0.3, 0.4) is 0 Å². The molecule has 1 atom stereocenters. The summed E-state index contributed by atoms with van der Waals surface area (Å²) in [6.45, 7) is 2.97. The van der Waals surface area contributed by atoms with Gasteiger partial charge in [-0.05, 0) is 45.6 Å². The highest BCUT2D eigenvalue weighted by Crippen LogP contribution is 2.30. The second-order valence-electron chi connectivity index (χ2n) is 9.59. The number of piperazine rings is 1. The van der Waals surface area contributed by atoms with E-state index in [2.05, 4.69) is 28.2 Å². The summed E-state index contributed by atoms with van der Waals surface area (Å²) in [5, 5.41) is 2.74. The quantitative estimate of drug-likeness (QED) is 0.207. The number of unbranched alkanes of at least 4 members (excludes halogenated alkanes) is 7. The molecule has 206 valence electrons. The predicted molar refractivity (Wildman–Crippen MR) is 152 cm³/mol. The standard InChI is InChI=1S/C30H39BrN2O5/c1-2-3-4-5-6-7-8-12-19-37-29(35)21-26-30(36)32-17-18-33(26)28(34)22-38-27-16-15-24(20-25(27)31)23-13-10-9-11-14-23/h9-11,13-16,20,26H,2-8,12,17-19,21-22H2,1H3,(H,32,36).